The summed E-state index contributed by atoms with van der Waals surface area (Å²) in [5.74, 6) is 0. The van der Waals surface area contributed by atoms with E-state index in [4.69, 9.17) is 29.5 Å². The molecule has 136 valence electrons. The molecule has 0 fully saturated rings. The SMILES string of the molecule is [C-]#[N+]CCc1ccc2nc(-c3cncn3C)cc(C=NN(C)C(N)=S)c2c1. The van der Waals surface area contributed by atoms with Crippen molar-refractivity contribution in [3.63, 3.8) is 0 Å². The third-order valence-electron chi connectivity index (χ3n) is 4.19. The first kappa shape index (κ1) is 18.5. The second kappa shape index (κ2) is 7.93. The third kappa shape index (κ3) is 4.10. The lowest BCUT2D eigenvalue weighted by Gasteiger charge is -2.11. The van der Waals surface area contributed by atoms with Crippen molar-refractivity contribution in [1.82, 2.24) is 19.5 Å². The van der Waals surface area contributed by atoms with Crippen LogP contribution in [0.1, 0.15) is 11.1 Å². The topological polar surface area (TPSA) is 76.7 Å². The van der Waals surface area contributed by atoms with Gasteiger partial charge in [-0.05, 0) is 36.0 Å². The Kier molecular flexibility index (Phi) is 5.43. The van der Waals surface area contributed by atoms with Crippen molar-refractivity contribution < 1.29 is 0 Å². The first-order valence-corrected chi connectivity index (χ1v) is 8.71. The lowest BCUT2D eigenvalue weighted by Crippen LogP contribution is -2.27. The van der Waals surface area contributed by atoms with Crippen molar-refractivity contribution in [3.8, 4) is 11.4 Å². The van der Waals surface area contributed by atoms with Gasteiger partial charge in [-0.2, -0.15) is 5.10 Å². The summed E-state index contributed by atoms with van der Waals surface area (Å²) >= 11 is 4.94. The number of pyridine rings is 1. The molecule has 8 heteroatoms. The van der Waals surface area contributed by atoms with Gasteiger partial charge in [-0.15, -0.1) is 0 Å². The minimum atomic E-state index is 0.189. The molecule has 0 aliphatic carbocycles. The van der Waals surface area contributed by atoms with Crippen molar-refractivity contribution in [2.75, 3.05) is 13.6 Å². The van der Waals surface area contributed by atoms with Gasteiger partial charge in [-0.25, -0.2) is 21.5 Å². The number of fused-ring (bicyclic) bond motifs is 1. The fourth-order valence-electron chi connectivity index (χ4n) is 2.69. The zero-order chi connectivity index (χ0) is 19.4. The van der Waals surface area contributed by atoms with Crippen LogP contribution in [-0.4, -0.2) is 44.5 Å². The van der Waals surface area contributed by atoms with Crippen LogP contribution in [0, 0.1) is 6.57 Å². The first-order chi connectivity index (χ1) is 13.0. The molecule has 27 heavy (non-hydrogen) atoms. The van der Waals surface area contributed by atoms with E-state index in [-0.39, 0.29) is 5.11 Å². The fourth-order valence-corrected chi connectivity index (χ4v) is 2.73. The Morgan fingerprint density at radius 1 is 1.44 bits per heavy atom. The predicted octanol–water partition coefficient (Wildman–Crippen LogP) is 2.61. The van der Waals surface area contributed by atoms with Crippen LogP contribution in [0.2, 0.25) is 0 Å². The summed E-state index contributed by atoms with van der Waals surface area (Å²) in [6, 6.07) is 8.01. The number of thiocarbonyl (C=S) groups is 1. The molecule has 0 saturated heterocycles. The quantitative estimate of drug-likeness (QED) is 0.320. The van der Waals surface area contributed by atoms with E-state index in [0.717, 1.165) is 33.4 Å². The summed E-state index contributed by atoms with van der Waals surface area (Å²) in [6.07, 6.45) is 5.94. The molecule has 0 aliphatic rings. The Bertz CT molecular complexity index is 1060. The van der Waals surface area contributed by atoms with Gasteiger partial charge in [0.25, 0.3) is 0 Å². The first-order valence-electron chi connectivity index (χ1n) is 8.30. The van der Waals surface area contributed by atoms with Crippen molar-refractivity contribution in [1.29, 1.82) is 0 Å². The van der Waals surface area contributed by atoms with Gasteiger partial charge in [-0.1, -0.05) is 6.07 Å². The molecule has 0 aliphatic heterocycles. The molecule has 2 aromatic heterocycles. The van der Waals surface area contributed by atoms with Crippen LogP contribution in [0.3, 0.4) is 0 Å². The number of aryl methyl sites for hydroxylation is 1. The number of rotatable bonds is 5. The molecular formula is C19H19N7S. The maximum atomic E-state index is 6.99. The summed E-state index contributed by atoms with van der Waals surface area (Å²) < 4.78 is 1.92. The van der Waals surface area contributed by atoms with Crippen LogP contribution in [0.15, 0.2) is 41.9 Å². The minimum absolute atomic E-state index is 0.189. The highest BCUT2D eigenvalue weighted by Crippen LogP contribution is 2.25. The number of nitrogens with two attached hydrogens (primary N) is 1. The molecule has 1 aromatic carbocycles. The lowest BCUT2D eigenvalue weighted by atomic mass is 10.0. The molecule has 0 spiro atoms. The fraction of sp³-hybridized carbons (Fsp3) is 0.211. The summed E-state index contributed by atoms with van der Waals surface area (Å²) in [5.41, 5.74) is 10.1. The van der Waals surface area contributed by atoms with Gasteiger partial charge in [0.2, 0.25) is 6.54 Å². The number of imidazole rings is 1. The van der Waals surface area contributed by atoms with Crippen LogP contribution >= 0.6 is 12.2 Å². The smallest absolute Gasteiger partial charge is 0.218 e. The van der Waals surface area contributed by atoms with Crippen LogP contribution in [-0.2, 0) is 13.5 Å². The molecule has 2 N–H and O–H groups in total. The number of hydrogen-bond donors (Lipinski definition) is 1. The summed E-state index contributed by atoms with van der Waals surface area (Å²) in [4.78, 5) is 12.4. The predicted molar refractivity (Wildman–Crippen MR) is 111 cm³/mol. The largest absolute Gasteiger partial charge is 0.375 e. The molecule has 0 unspecified atom stereocenters. The number of aromatic nitrogens is 3. The van der Waals surface area contributed by atoms with Gasteiger partial charge in [-0.3, -0.25) is 0 Å². The van der Waals surface area contributed by atoms with Crippen molar-refractivity contribution in [3.05, 3.63) is 59.3 Å². The molecule has 7 nitrogen and oxygen atoms in total. The zero-order valence-electron chi connectivity index (χ0n) is 15.1. The molecule has 2 heterocycles. The van der Waals surface area contributed by atoms with E-state index in [1.54, 1.807) is 25.8 Å². The Hall–Kier alpha value is -3.31. The molecule has 0 saturated carbocycles. The van der Waals surface area contributed by atoms with Crippen LogP contribution in [0.4, 0.5) is 0 Å². The average molecular weight is 377 g/mol. The highest BCUT2D eigenvalue weighted by Gasteiger charge is 2.11. The van der Waals surface area contributed by atoms with E-state index in [1.165, 1.54) is 5.01 Å². The molecular weight excluding hydrogens is 358 g/mol. The van der Waals surface area contributed by atoms with Gasteiger partial charge < -0.3 is 15.1 Å². The Labute approximate surface area is 163 Å². The summed E-state index contributed by atoms with van der Waals surface area (Å²) in [6.45, 7) is 7.45. The molecule has 3 aromatic rings. The summed E-state index contributed by atoms with van der Waals surface area (Å²) in [5, 5.41) is 6.91. The van der Waals surface area contributed by atoms with Gasteiger partial charge in [0.05, 0.1) is 35.6 Å². The summed E-state index contributed by atoms with van der Waals surface area (Å²) in [7, 11) is 3.63. The van der Waals surface area contributed by atoms with E-state index in [9.17, 15) is 0 Å². The Morgan fingerprint density at radius 3 is 2.93 bits per heavy atom. The van der Waals surface area contributed by atoms with Crippen LogP contribution in [0.5, 0.6) is 0 Å². The molecule has 0 radical (unpaired) electrons. The van der Waals surface area contributed by atoms with Gasteiger partial charge in [0, 0.05) is 31.5 Å². The van der Waals surface area contributed by atoms with Crippen LogP contribution < -0.4 is 5.73 Å². The number of hydrogen-bond acceptors (Lipinski definition) is 4. The normalized spacial score (nSPS) is 11.0. The molecule has 0 atom stereocenters. The maximum Gasteiger partial charge on any atom is 0.218 e. The zero-order valence-corrected chi connectivity index (χ0v) is 15.9. The van der Waals surface area contributed by atoms with Crippen molar-refractivity contribution >= 4 is 34.4 Å². The monoisotopic (exact) mass is 377 g/mol. The number of hydrazone groups is 1. The van der Waals surface area contributed by atoms with E-state index < -0.39 is 0 Å². The van der Waals surface area contributed by atoms with Gasteiger partial charge in [0.15, 0.2) is 5.11 Å². The van der Waals surface area contributed by atoms with Crippen molar-refractivity contribution in [2.24, 2.45) is 17.9 Å². The minimum Gasteiger partial charge on any atom is -0.375 e. The highest BCUT2D eigenvalue weighted by atomic mass is 32.1. The highest BCUT2D eigenvalue weighted by molar-refractivity contribution is 7.80. The van der Waals surface area contributed by atoms with Gasteiger partial charge >= 0.3 is 0 Å². The standard InChI is InChI=1S/C19H19N7S/c1-21-7-6-13-4-5-16-15(8-13)14(10-23-26(3)19(20)27)9-17(24-16)18-11-22-12-25(18)2/h4-5,8-12H,6-7H2,2-3H3,(H2,20,27). The van der Waals surface area contributed by atoms with Gasteiger partial charge in [0.1, 0.15) is 0 Å². The second-order valence-corrected chi connectivity index (χ2v) is 6.49. The van der Waals surface area contributed by atoms with E-state index >= 15 is 0 Å². The Morgan fingerprint density at radius 2 is 2.26 bits per heavy atom. The Balaban J connectivity index is 2.15. The molecule has 0 amide bonds. The number of benzene rings is 1. The third-order valence-corrected chi connectivity index (χ3v) is 4.45. The van der Waals surface area contributed by atoms with E-state index in [1.807, 2.05) is 29.8 Å². The molecule has 0 bridgehead atoms. The molecule has 3 rings (SSSR count). The van der Waals surface area contributed by atoms with E-state index in [2.05, 4.69) is 21.0 Å². The van der Waals surface area contributed by atoms with Crippen LogP contribution in [0.25, 0.3) is 27.1 Å². The van der Waals surface area contributed by atoms with Crippen molar-refractivity contribution in [2.45, 2.75) is 6.42 Å². The lowest BCUT2D eigenvalue weighted by molar-refractivity contribution is 0.552. The average Bonchev–Trinajstić information content (AvgIpc) is 3.09. The maximum absolute atomic E-state index is 6.99. The van der Waals surface area contributed by atoms with E-state index in [0.29, 0.717) is 13.0 Å². The number of nitrogens with zero attached hydrogens (tertiary/aromatic N) is 6. The second-order valence-electron chi connectivity index (χ2n) is 6.08.